The summed E-state index contributed by atoms with van der Waals surface area (Å²) in [4.78, 5) is 23.7. The largest absolute Gasteiger partial charge is 0.312 e. The predicted octanol–water partition coefficient (Wildman–Crippen LogP) is 2.46. The topological polar surface area (TPSA) is 116 Å². The number of hydrogen-bond acceptors (Lipinski definition) is 5. The first kappa shape index (κ1) is 20.1. The molecule has 1 aliphatic heterocycles. The molecule has 9 heteroatoms. The lowest BCUT2D eigenvalue weighted by Crippen LogP contribution is -2.29. The van der Waals surface area contributed by atoms with Gasteiger partial charge in [0.2, 0.25) is 5.91 Å². The molecule has 0 unspecified atom stereocenters. The number of anilines is 1. The van der Waals surface area contributed by atoms with E-state index in [0.29, 0.717) is 12.1 Å². The van der Waals surface area contributed by atoms with Crippen LogP contribution in [0.15, 0.2) is 34.3 Å². The molecule has 0 aliphatic carbocycles. The Hall–Kier alpha value is -2.26. The van der Waals surface area contributed by atoms with Crippen LogP contribution in [0.3, 0.4) is 0 Å². The average Bonchev–Trinajstić information content (AvgIpc) is 2.94. The molecule has 2 amide bonds. The van der Waals surface area contributed by atoms with Gasteiger partial charge in [0.1, 0.15) is 5.84 Å². The smallest absolute Gasteiger partial charge is 0.294 e. The zero-order valence-electron chi connectivity index (χ0n) is 14.6. The molecule has 0 aromatic heterocycles. The molecule has 0 saturated heterocycles. The summed E-state index contributed by atoms with van der Waals surface area (Å²) in [7, 11) is -4.29. The molecule has 2 rings (SSSR count). The number of nitrogens with one attached hydrogen (secondary N) is 1. The molecule has 0 bridgehead atoms. The molecule has 0 atom stereocenters. The van der Waals surface area contributed by atoms with Crippen LogP contribution in [0.5, 0.6) is 0 Å². The van der Waals surface area contributed by atoms with Crippen molar-refractivity contribution in [2.24, 2.45) is 5.10 Å². The predicted molar refractivity (Wildman–Crippen MR) is 97.3 cm³/mol. The van der Waals surface area contributed by atoms with Crippen molar-refractivity contribution in [3.05, 3.63) is 24.3 Å². The van der Waals surface area contributed by atoms with Crippen molar-refractivity contribution in [2.75, 3.05) is 5.01 Å². The molecule has 0 spiro atoms. The van der Waals surface area contributed by atoms with E-state index in [0.717, 1.165) is 37.1 Å². The number of carbonyl (C=O) groups is 2. The summed E-state index contributed by atoms with van der Waals surface area (Å²) in [5.41, 5.74) is 0.353. The zero-order valence-corrected chi connectivity index (χ0v) is 15.5. The van der Waals surface area contributed by atoms with E-state index in [-0.39, 0.29) is 29.0 Å². The summed E-state index contributed by atoms with van der Waals surface area (Å²) in [6.45, 7) is 2.13. The quantitative estimate of drug-likeness (QED) is 0.530. The van der Waals surface area contributed by atoms with E-state index in [9.17, 15) is 18.0 Å². The molecular weight excluding hydrogens is 358 g/mol. The first-order valence-corrected chi connectivity index (χ1v) is 10.0. The van der Waals surface area contributed by atoms with E-state index in [4.69, 9.17) is 4.55 Å². The average molecular weight is 381 g/mol. The number of hydrazone groups is 1. The fourth-order valence-corrected chi connectivity index (χ4v) is 3.05. The van der Waals surface area contributed by atoms with Crippen molar-refractivity contribution < 1.29 is 22.6 Å². The van der Waals surface area contributed by atoms with Crippen molar-refractivity contribution in [2.45, 2.75) is 56.8 Å². The second kappa shape index (κ2) is 8.91. The van der Waals surface area contributed by atoms with E-state index in [1.54, 1.807) is 0 Å². The number of unbranched alkanes of at least 4 members (excludes halogenated alkanes) is 4. The second-order valence-corrected chi connectivity index (χ2v) is 7.53. The van der Waals surface area contributed by atoms with Crippen LogP contribution in [0.2, 0.25) is 0 Å². The summed E-state index contributed by atoms with van der Waals surface area (Å²) < 4.78 is 31.1. The van der Waals surface area contributed by atoms with Crippen LogP contribution >= 0.6 is 0 Å². The SMILES string of the molecule is CCCCCCCC(=O)NC1=NN(c2ccc(S(=O)(=O)O)cc2)C(=O)C1. The summed E-state index contributed by atoms with van der Waals surface area (Å²) in [5, 5.41) is 7.84. The Balaban J connectivity index is 1.93. The van der Waals surface area contributed by atoms with Crippen molar-refractivity contribution in [1.29, 1.82) is 0 Å². The lowest BCUT2D eigenvalue weighted by Gasteiger charge is -2.11. The maximum Gasteiger partial charge on any atom is 0.294 e. The first-order valence-electron chi connectivity index (χ1n) is 8.59. The Morgan fingerprint density at radius 2 is 1.85 bits per heavy atom. The van der Waals surface area contributed by atoms with Gasteiger partial charge in [-0.05, 0) is 30.7 Å². The Bertz CT molecular complexity index is 787. The third-order valence-corrected chi connectivity index (χ3v) is 4.81. The van der Waals surface area contributed by atoms with Gasteiger partial charge in [-0.1, -0.05) is 32.6 Å². The van der Waals surface area contributed by atoms with E-state index in [2.05, 4.69) is 17.3 Å². The molecule has 1 heterocycles. The Morgan fingerprint density at radius 3 is 2.46 bits per heavy atom. The highest BCUT2D eigenvalue weighted by Gasteiger charge is 2.26. The van der Waals surface area contributed by atoms with Gasteiger partial charge in [-0.2, -0.15) is 18.5 Å². The molecule has 0 saturated carbocycles. The van der Waals surface area contributed by atoms with Gasteiger partial charge in [0, 0.05) is 6.42 Å². The highest BCUT2D eigenvalue weighted by atomic mass is 32.2. The van der Waals surface area contributed by atoms with E-state index in [1.807, 2.05) is 0 Å². The summed E-state index contributed by atoms with van der Waals surface area (Å²) >= 11 is 0. The van der Waals surface area contributed by atoms with Crippen LogP contribution in [0.1, 0.15) is 51.9 Å². The van der Waals surface area contributed by atoms with Gasteiger partial charge in [-0.3, -0.25) is 14.1 Å². The van der Waals surface area contributed by atoms with Crippen LogP contribution < -0.4 is 10.3 Å². The molecule has 142 valence electrons. The monoisotopic (exact) mass is 381 g/mol. The van der Waals surface area contributed by atoms with Gasteiger partial charge in [0.15, 0.2) is 0 Å². The van der Waals surface area contributed by atoms with Crippen LogP contribution in [-0.4, -0.2) is 30.6 Å². The number of benzene rings is 1. The van der Waals surface area contributed by atoms with Crippen LogP contribution in [0.25, 0.3) is 0 Å². The molecule has 8 nitrogen and oxygen atoms in total. The third-order valence-electron chi connectivity index (χ3n) is 3.95. The minimum absolute atomic E-state index is 0.0262. The van der Waals surface area contributed by atoms with Crippen LogP contribution in [-0.2, 0) is 19.7 Å². The molecule has 1 aromatic rings. The molecular formula is C17H23N3O5S. The van der Waals surface area contributed by atoms with Crippen molar-refractivity contribution in [3.63, 3.8) is 0 Å². The number of hydrogen-bond donors (Lipinski definition) is 2. The molecule has 1 aromatic carbocycles. The van der Waals surface area contributed by atoms with Gasteiger partial charge in [-0.25, -0.2) is 0 Å². The van der Waals surface area contributed by atoms with Gasteiger partial charge in [-0.15, -0.1) is 0 Å². The standard InChI is InChI=1S/C17H23N3O5S/c1-2-3-4-5-6-7-16(21)18-15-12-17(22)20(19-15)13-8-10-14(11-9-13)26(23,24)25/h8-11H,2-7,12H2,1H3,(H,18,19,21)(H,23,24,25). The molecule has 1 aliphatic rings. The number of rotatable bonds is 8. The summed E-state index contributed by atoms with van der Waals surface area (Å²) in [6, 6.07) is 5.09. The lowest BCUT2D eigenvalue weighted by molar-refractivity contribution is -0.119. The van der Waals surface area contributed by atoms with E-state index in [1.165, 1.54) is 24.3 Å². The highest BCUT2D eigenvalue weighted by Crippen LogP contribution is 2.22. The minimum Gasteiger partial charge on any atom is -0.312 e. The summed E-state index contributed by atoms with van der Waals surface area (Å²) in [6.07, 6.45) is 5.57. The van der Waals surface area contributed by atoms with Crippen molar-refractivity contribution >= 4 is 33.5 Å². The molecule has 2 N–H and O–H groups in total. The van der Waals surface area contributed by atoms with Gasteiger partial charge in [0.25, 0.3) is 16.0 Å². The van der Waals surface area contributed by atoms with Gasteiger partial charge >= 0.3 is 0 Å². The number of amidine groups is 1. The second-order valence-electron chi connectivity index (χ2n) is 6.11. The molecule has 0 fully saturated rings. The normalized spacial score (nSPS) is 14.5. The molecule has 0 radical (unpaired) electrons. The van der Waals surface area contributed by atoms with Crippen LogP contribution in [0, 0.1) is 0 Å². The van der Waals surface area contributed by atoms with Crippen LogP contribution in [0.4, 0.5) is 5.69 Å². The lowest BCUT2D eigenvalue weighted by atomic mass is 10.1. The minimum atomic E-state index is -4.29. The number of carbonyl (C=O) groups excluding carboxylic acids is 2. The van der Waals surface area contributed by atoms with E-state index >= 15 is 0 Å². The maximum absolute atomic E-state index is 12.1. The van der Waals surface area contributed by atoms with Crippen molar-refractivity contribution in [3.8, 4) is 0 Å². The number of amides is 2. The fourth-order valence-electron chi connectivity index (χ4n) is 2.57. The van der Waals surface area contributed by atoms with E-state index < -0.39 is 10.1 Å². The fraction of sp³-hybridized carbons (Fsp3) is 0.471. The summed E-state index contributed by atoms with van der Waals surface area (Å²) in [5.74, 6) is -0.230. The Kier molecular flexibility index (Phi) is 6.87. The van der Waals surface area contributed by atoms with Crippen molar-refractivity contribution in [1.82, 2.24) is 5.32 Å². The molecule has 26 heavy (non-hydrogen) atoms. The zero-order chi connectivity index (χ0) is 19.2. The first-order chi connectivity index (χ1) is 12.3. The Morgan fingerprint density at radius 1 is 1.19 bits per heavy atom. The number of nitrogens with zero attached hydrogens (tertiary/aromatic N) is 2. The highest BCUT2D eigenvalue weighted by molar-refractivity contribution is 7.85. The third kappa shape index (κ3) is 5.63. The maximum atomic E-state index is 12.1. The van der Waals surface area contributed by atoms with Gasteiger partial charge < -0.3 is 5.32 Å². The van der Waals surface area contributed by atoms with Gasteiger partial charge in [0.05, 0.1) is 17.0 Å². The Labute approximate surface area is 153 Å².